The third-order valence-electron chi connectivity index (χ3n) is 10.1. The first kappa shape index (κ1) is 41.4. The number of ether oxygens (including phenoxy) is 6. The molecule has 2 aliphatic rings. The Bertz CT molecular complexity index is 1840. The van der Waals surface area contributed by atoms with Crippen LogP contribution in [0.5, 0.6) is 0 Å². The number of hydrogen-bond acceptors (Lipinski definition) is 9. The lowest BCUT2D eigenvalue weighted by Crippen LogP contribution is -2.62. The molecule has 0 unspecified atom stereocenters. The highest BCUT2D eigenvalue weighted by Crippen LogP contribution is 2.41. The summed E-state index contributed by atoms with van der Waals surface area (Å²) in [5, 5.41) is 0. The van der Waals surface area contributed by atoms with Crippen molar-refractivity contribution in [2.24, 2.45) is 0 Å². The average molecular weight is 773 g/mol. The number of benzene rings is 4. The van der Waals surface area contributed by atoms with Crippen LogP contribution in [0.25, 0.3) is 0 Å². The second kappa shape index (κ2) is 20.3. The molecule has 298 valence electrons. The van der Waals surface area contributed by atoms with Gasteiger partial charge in [-0.2, -0.15) is 0 Å². The Morgan fingerprint density at radius 1 is 0.632 bits per heavy atom. The Labute approximate surface area is 335 Å². The highest BCUT2D eigenvalue weighted by Gasteiger charge is 2.50. The molecule has 2 aliphatic heterocycles. The van der Waals surface area contributed by atoms with E-state index >= 15 is 0 Å². The fourth-order valence-corrected chi connectivity index (χ4v) is 7.49. The Morgan fingerprint density at radius 3 is 1.72 bits per heavy atom. The van der Waals surface area contributed by atoms with Gasteiger partial charge in [0.05, 0.1) is 37.6 Å². The molecule has 2 heterocycles. The summed E-state index contributed by atoms with van der Waals surface area (Å²) in [6, 6.07) is 35.2. The first-order chi connectivity index (χ1) is 27.9. The van der Waals surface area contributed by atoms with Gasteiger partial charge in [-0.05, 0) is 54.2 Å². The van der Waals surface area contributed by atoms with Gasteiger partial charge in [-0.15, -0.1) is 19.7 Å². The van der Waals surface area contributed by atoms with Crippen LogP contribution in [0.4, 0.5) is 5.69 Å². The molecule has 1 fully saturated rings. The van der Waals surface area contributed by atoms with Crippen LogP contribution in [0, 0.1) is 0 Å². The zero-order chi connectivity index (χ0) is 40.0. The van der Waals surface area contributed by atoms with Crippen molar-refractivity contribution in [2.45, 2.75) is 55.6 Å². The average Bonchev–Trinajstić information content (AvgIpc) is 3.48. The fourth-order valence-electron chi connectivity index (χ4n) is 7.49. The van der Waals surface area contributed by atoms with E-state index in [1.165, 1.54) is 4.90 Å². The van der Waals surface area contributed by atoms with E-state index in [2.05, 4.69) is 56.1 Å². The molecule has 0 aliphatic carbocycles. The van der Waals surface area contributed by atoms with Gasteiger partial charge >= 0.3 is 0 Å². The molecule has 57 heavy (non-hydrogen) atoms. The number of fused-ring (bicyclic) bond motifs is 1. The van der Waals surface area contributed by atoms with E-state index in [1.54, 1.807) is 36.4 Å². The van der Waals surface area contributed by atoms with E-state index in [4.69, 9.17) is 34.2 Å². The molecule has 0 spiro atoms. The van der Waals surface area contributed by atoms with E-state index in [0.29, 0.717) is 49.2 Å². The van der Waals surface area contributed by atoms with Crippen molar-refractivity contribution in [3.8, 4) is 0 Å². The summed E-state index contributed by atoms with van der Waals surface area (Å²) in [6.07, 6.45) is 3.45. The summed E-state index contributed by atoms with van der Waals surface area (Å²) in [6.45, 7) is 13.0. The second-order valence-corrected chi connectivity index (χ2v) is 13.9. The number of rotatable bonds is 22. The molecule has 2 amide bonds. The van der Waals surface area contributed by atoms with Crippen LogP contribution < -0.4 is 5.73 Å². The minimum Gasteiger partial charge on any atom is -0.399 e. The second-order valence-electron chi connectivity index (χ2n) is 13.9. The van der Waals surface area contributed by atoms with Crippen molar-refractivity contribution in [3.63, 3.8) is 0 Å². The first-order valence-electron chi connectivity index (χ1n) is 19.4. The maximum absolute atomic E-state index is 12.9. The lowest BCUT2D eigenvalue weighted by Gasteiger charge is -2.46. The molecule has 0 saturated carbocycles. The van der Waals surface area contributed by atoms with Crippen LogP contribution in [0.3, 0.4) is 0 Å². The van der Waals surface area contributed by atoms with Crippen molar-refractivity contribution in [3.05, 3.63) is 175 Å². The number of carbonyl (C=O) groups is 2. The number of carbonyl (C=O) groups excluding carboxylic acids is 2. The molecule has 0 aromatic heterocycles. The summed E-state index contributed by atoms with van der Waals surface area (Å²) in [4.78, 5) is 27.1. The molecular formula is C47H52N2O8. The Hall–Kier alpha value is -5.20. The molecule has 5 atom stereocenters. The van der Waals surface area contributed by atoms with Gasteiger partial charge in [-0.1, -0.05) is 109 Å². The summed E-state index contributed by atoms with van der Waals surface area (Å²) in [7, 11) is 0. The molecule has 6 rings (SSSR count). The Kier molecular flexibility index (Phi) is 14.7. The fraction of sp³-hybridized carbons (Fsp3) is 0.319. The number of nitrogens with zero attached hydrogens (tertiary/aromatic N) is 1. The van der Waals surface area contributed by atoms with E-state index in [1.807, 2.05) is 54.6 Å². The monoisotopic (exact) mass is 772 g/mol. The van der Waals surface area contributed by atoms with Crippen LogP contribution in [0.15, 0.2) is 147 Å². The van der Waals surface area contributed by atoms with Crippen molar-refractivity contribution >= 4 is 17.5 Å². The van der Waals surface area contributed by atoms with Crippen LogP contribution >= 0.6 is 0 Å². The first-order valence-corrected chi connectivity index (χ1v) is 19.4. The Balaban J connectivity index is 1.22. The molecule has 10 nitrogen and oxygen atoms in total. The number of imide groups is 1. The zero-order valence-corrected chi connectivity index (χ0v) is 32.3. The number of nitrogens with two attached hydrogens (primary N) is 1. The van der Waals surface area contributed by atoms with E-state index in [9.17, 15) is 9.59 Å². The summed E-state index contributed by atoms with van der Waals surface area (Å²) in [5.74, 6) is -0.619. The van der Waals surface area contributed by atoms with Crippen LogP contribution in [-0.2, 0) is 34.0 Å². The topological polar surface area (TPSA) is 119 Å². The van der Waals surface area contributed by atoms with E-state index in [0.717, 1.165) is 16.7 Å². The quantitative estimate of drug-likeness (QED) is 0.0285. The van der Waals surface area contributed by atoms with Gasteiger partial charge in [-0.3, -0.25) is 14.5 Å². The lowest BCUT2D eigenvalue weighted by molar-refractivity contribution is -0.322. The minimum absolute atomic E-state index is 0.0917. The van der Waals surface area contributed by atoms with Crippen LogP contribution in [0.1, 0.15) is 56.7 Å². The highest BCUT2D eigenvalue weighted by molar-refractivity contribution is 6.21. The van der Waals surface area contributed by atoms with Gasteiger partial charge in [0, 0.05) is 18.8 Å². The molecule has 2 N–H and O–H groups in total. The number of unbranched alkanes of at least 4 members (excludes halogenated alkanes) is 2. The van der Waals surface area contributed by atoms with Gasteiger partial charge in [0.25, 0.3) is 11.8 Å². The third-order valence-corrected chi connectivity index (χ3v) is 10.1. The minimum atomic E-state index is -1.01. The predicted octanol–water partition coefficient (Wildman–Crippen LogP) is 7.50. The van der Waals surface area contributed by atoms with Crippen molar-refractivity contribution in [2.75, 3.05) is 45.3 Å². The Morgan fingerprint density at radius 2 is 1.16 bits per heavy atom. The van der Waals surface area contributed by atoms with Crippen molar-refractivity contribution < 1.29 is 38.0 Å². The normalized spacial score (nSPS) is 20.6. The van der Waals surface area contributed by atoms with Crippen LogP contribution in [0.2, 0.25) is 0 Å². The number of anilines is 1. The zero-order valence-electron chi connectivity index (χ0n) is 32.3. The summed E-state index contributed by atoms with van der Waals surface area (Å²) in [5.41, 5.74) is 8.88. The molecule has 10 heteroatoms. The smallest absolute Gasteiger partial charge is 0.261 e. The third kappa shape index (κ3) is 9.51. The number of amides is 2. The van der Waals surface area contributed by atoms with Crippen LogP contribution in [-0.4, -0.2) is 87.0 Å². The SMILES string of the molecule is C=CCO[C@H]1[C@@H](OCC=C)[C@@H](COC(c2ccccc2)(c2ccccc2)c2ccccc2)O[C@@H](OCCCCCN2C(=O)c3ccc(N)cc3C2=O)[C@@H]1OCC=C. The molecule has 4 aromatic carbocycles. The number of nitrogen functional groups attached to an aromatic ring is 1. The van der Waals surface area contributed by atoms with Gasteiger partial charge < -0.3 is 34.2 Å². The van der Waals surface area contributed by atoms with E-state index in [-0.39, 0.29) is 38.2 Å². The maximum atomic E-state index is 12.9. The van der Waals surface area contributed by atoms with E-state index < -0.39 is 36.3 Å². The van der Waals surface area contributed by atoms with Crippen molar-refractivity contribution in [1.29, 1.82) is 0 Å². The molecule has 1 saturated heterocycles. The molecule has 4 aromatic rings. The lowest BCUT2D eigenvalue weighted by atomic mass is 9.80. The van der Waals surface area contributed by atoms with Gasteiger partial charge in [0.2, 0.25) is 0 Å². The molecule has 0 bridgehead atoms. The summed E-state index contributed by atoms with van der Waals surface area (Å²) < 4.78 is 39.7. The van der Waals surface area contributed by atoms with Gasteiger partial charge in [0.15, 0.2) is 6.29 Å². The molecule has 0 radical (unpaired) electrons. The number of hydrogen-bond donors (Lipinski definition) is 1. The maximum Gasteiger partial charge on any atom is 0.261 e. The largest absolute Gasteiger partial charge is 0.399 e. The van der Waals surface area contributed by atoms with Gasteiger partial charge in [0.1, 0.15) is 30.0 Å². The van der Waals surface area contributed by atoms with Crippen molar-refractivity contribution in [1.82, 2.24) is 4.90 Å². The standard InChI is InChI=1S/C47H52N2O8/c1-4-28-52-41-40(33-56-47(34-19-11-7-12-20-34,35-21-13-8-14-22-35)36-23-15-9-16-24-36)57-46(43(54-30-6-3)42(41)53-29-5-2)55-31-18-10-17-27-49-44(50)38-26-25-37(48)32-39(38)45(49)51/h4-9,11-16,19-26,32,40-43,46H,1-3,10,17-18,27-31,33,48H2/t40-,41+,42+,43-,46-/m1/s1. The predicted molar refractivity (Wildman–Crippen MR) is 220 cm³/mol. The molecular weight excluding hydrogens is 721 g/mol. The summed E-state index contributed by atoms with van der Waals surface area (Å²) >= 11 is 0. The highest BCUT2D eigenvalue weighted by atomic mass is 16.7. The van der Waals surface area contributed by atoms with Gasteiger partial charge in [-0.25, -0.2) is 0 Å².